The number of benzene rings is 1. The number of carbonyl (C=O) groups excluding carboxylic acids is 3. The van der Waals surface area contributed by atoms with Gasteiger partial charge in [0.05, 0.1) is 22.5 Å². The maximum Gasteiger partial charge on any atom is 0.294 e. The summed E-state index contributed by atoms with van der Waals surface area (Å²) in [7, 11) is 0. The molecule has 36 heavy (non-hydrogen) atoms. The molecule has 2 unspecified atom stereocenters. The van der Waals surface area contributed by atoms with E-state index in [0.29, 0.717) is 23.5 Å². The predicted octanol–water partition coefficient (Wildman–Crippen LogP) is 2.04. The Balaban J connectivity index is 1.45. The summed E-state index contributed by atoms with van der Waals surface area (Å²) in [4.78, 5) is 39.6. The molecule has 9 nitrogen and oxygen atoms in total. The van der Waals surface area contributed by atoms with Crippen LogP contribution in [0.4, 0.5) is 18.9 Å². The second-order valence-electron chi connectivity index (χ2n) is 9.71. The van der Waals surface area contributed by atoms with Crippen molar-refractivity contribution in [3.8, 4) is 0 Å². The lowest BCUT2D eigenvalue weighted by Gasteiger charge is -2.48. The molecule has 2 fully saturated rings. The third-order valence-electron chi connectivity index (χ3n) is 7.30. The largest absolute Gasteiger partial charge is 0.403 e. The highest BCUT2D eigenvalue weighted by atomic mass is 19.3. The first-order valence-corrected chi connectivity index (χ1v) is 11.4. The number of alkyl halides is 2. The van der Waals surface area contributed by atoms with Crippen molar-refractivity contribution in [3.63, 3.8) is 0 Å². The number of hydrogen-bond donors (Lipinski definition) is 5. The van der Waals surface area contributed by atoms with Crippen LogP contribution in [0.3, 0.4) is 0 Å². The molecule has 2 aromatic rings. The van der Waals surface area contributed by atoms with Crippen LogP contribution >= 0.6 is 0 Å². The number of Topliss-reactive ketones (excluding diaryl/α,β-unsaturated/α-hetero) is 1. The van der Waals surface area contributed by atoms with Crippen LogP contribution in [-0.2, 0) is 11.3 Å². The summed E-state index contributed by atoms with van der Waals surface area (Å²) in [6.45, 7) is 2.04. The first-order chi connectivity index (χ1) is 17.0. The fourth-order valence-corrected chi connectivity index (χ4v) is 5.57. The van der Waals surface area contributed by atoms with Crippen molar-refractivity contribution in [1.82, 2.24) is 15.3 Å². The Morgan fingerprint density at radius 2 is 1.83 bits per heavy atom. The highest BCUT2D eigenvalue weighted by Gasteiger charge is 2.60. The summed E-state index contributed by atoms with van der Waals surface area (Å²) in [5.41, 5.74) is 7.77. The third kappa shape index (κ3) is 3.72. The Morgan fingerprint density at radius 3 is 2.42 bits per heavy atom. The van der Waals surface area contributed by atoms with Crippen molar-refractivity contribution in [2.75, 3.05) is 5.32 Å². The molecule has 1 aliphatic heterocycles. The lowest BCUT2D eigenvalue weighted by molar-refractivity contribution is -0.138. The minimum Gasteiger partial charge on any atom is -0.403 e. The van der Waals surface area contributed by atoms with Crippen LogP contribution in [0, 0.1) is 18.7 Å². The van der Waals surface area contributed by atoms with E-state index >= 15 is 0 Å². The van der Waals surface area contributed by atoms with E-state index in [1.165, 1.54) is 24.3 Å². The van der Waals surface area contributed by atoms with Crippen LogP contribution in [0.15, 0.2) is 36.2 Å². The Kier molecular flexibility index (Phi) is 5.39. The Morgan fingerprint density at radius 1 is 1.17 bits per heavy atom. The molecule has 3 aliphatic rings. The summed E-state index contributed by atoms with van der Waals surface area (Å²) in [5.74, 6) is -0.275. The number of hydrazine groups is 1. The Hall–Kier alpha value is -3.80. The molecule has 12 heteroatoms. The van der Waals surface area contributed by atoms with Gasteiger partial charge in [-0.25, -0.2) is 13.2 Å². The van der Waals surface area contributed by atoms with Crippen LogP contribution in [0.25, 0.3) is 0 Å². The van der Waals surface area contributed by atoms with Gasteiger partial charge in [0.2, 0.25) is 0 Å². The van der Waals surface area contributed by atoms with Crippen molar-refractivity contribution in [3.05, 3.63) is 64.5 Å². The molecule has 0 bridgehead atoms. The van der Waals surface area contributed by atoms with Crippen molar-refractivity contribution in [1.29, 1.82) is 0 Å². The number of amides is 2. The lowest BCUT2D eigenvalue weighted by Crippen LogP contribution is -2.66. The van der Waals surface area contributed by atoms with Gasteiger partial charge in [-0.15, -0.1) is 0 Å². The number of hydrogen-bond acceptors (Lipinski definition) is 6. The second kappa shape index (κ2) is 8.12. The van der Waals surface area contributed by atoms with E-state index in [1.807, 2.05) is 0 Å². The van der Waals surface area contributed by atoms with Crippen molar-refractivity contribution in [2.45, 2.75) is 50.1 Å². The van der Waals surface area contributed by atoms with E-state index in [1.54, 1.807) is 11.5 Å². The van der Waals surface area contributed by atoms with Gasteiger partial charge in [-0.05, 0) is 49.1 Å². The molecule has 0 spiro atoms. The van der Waals surface area contributed by atoms with Gasteiger partial charge in [0, 0.05) is 42.9 Å². The molecule has 1 aromatic heterocycles. The van der Waals surface area contributed by atoms with Gasteiger partial charge in [-0.2, -0.15) is 0 Å². The standard InChI is InChI=1S/C24H25F3N6O3/c1-11-17(21(35)30-14-4-2-13(25)3-5-14)19-15-6-12(15)8-33(19)18(11)20(34)22(36)31-23(16(7-28)32-29)9-24(26,27)10-23/h2-5,7,12,15,32H,6,8-10,28-29H2,1H3,(H,30,35)(H,31,36)/b16-7-. The smallest absolute Gasteiger partial charge is 0.294 e. The van der Waals surface area contributed by atoms with Crippen LogP contribution in [0.5, 0.6) is 0 Å². The molecule has 2 atom stereocenters. The second-order valence-corrected chi connectivity index (χ2v) is 9.71. The zero-order valence-corrected chi connectivity index (χ0v) is 19.3. The van der Waals surface area contributed by atoms with Crippen molar-refractivity contribution >= 4 is 23.3 Å². The summed E-state index contributed by atoms with van der Waals surface area (Å²) < 4.78 is 42.5. The number of carbonyl (C=O) groups is 3. The highest BCUT2D eigenvalue weighted by Crippen LogP contribution is 2.56. The number of fused-ring (bicyclic) bond motifs is 3. The summed E-state index contributed by atoms with van der Waals surface area (Å²) in [6, 6.07) is 5.26. The van der Waals surface area contributed by atoms with E-state index < -0.39 is 47.7 Å². The number of anilines is 1. The van der Waals surface area contributed by atoms with Crippen molar-refractivity contribution in [2.24, 2.45) is 17.5 Å². The minimum atomic E-state index is -3.06. The molecule has 190 valence electrons. The minimum absolute atomic E-state index is 0.0349. The van der Waals surface area contributed by atoms with E-state index in [9.17, 15) is 27.6 Å². The van der Waals surface area contributed by atoms with Gasteiger partial charge in [0.25, 0.3) is 23.5 Å². The number of nitrogens with two attached hydrogens (primary N) is 2. The fourth-order valence-electron chi connectivity index (χ4n) is 5.57. The molecule has 5 rings (SSSR count). The number of ketones is 1. The van der Waals surface area contributed by atoms with Crippen LogP contribution in [0.1, 0.15) is 57.3 Å². The number of nitrogens with zero attached hydrogens (tertiary/aromatic N) is 1. The van der Waals surface area contributed by atoms with Crippen molar-refractivity contribution < 1.29 is 27.6 Å². The first kappa shape index (κ1) is 23.9. The summed E-state index contributed by atoms with van der Waals surface area (Å²) >= 11 is 0. The molecule has 2 aliphatic carbocycles. The number of halogens is 3. The van der Waals surface area contributed by atoms with Gasteiger partial charge < -0.3 is 26.4 Å². The molecule has 0 saturated heterocycles. The molecular formula is C24H25F3N6O3. The van der Waals surface area contributed by atoms with E-state index in [2.05, 4.69) is 16.1 Å². The number of nitrogens with one attached hydrogen (secondary N) is 3. The quantitative estimate of drug-likeness (QED) is 0.170. The molecule has 1 aromatic carbocycles. The van der Waals surface area contributed by atoms with Gasteiger partial charge in [0.1, 0.15) is 5.82 Å². The van der Waals surface area contributed by atoms with Gasteiger partial charge in [0.15, 0.2) is 0 Å². The van der Waals surface area contributed by atoms with E-state index in [-0.39, 0.29) is 28.8 Å². The Bertz CT molecular complexity index is 1310. The number of rotatable bonds is 7. The third-order valence-corrected chi connectivity index (χ3v) is 7.30. The highest BCUT2D eigenvalue weighted by molar-refractivity contribution is 6.43. The maximum absolute atomic E-state index is 13.8. The van der Waals surface area contributed by atoms with Crippen LogP contribution in [-0.4, -0.2) is 33.6 Å². The van der Waals surface area contributed by atoms with Crippen LogP contribution in [0.2, 0.25) is 0 Å². The van der Waals surface area contributed by atoms with Gasteiger partial charge in [-0.1, -0.05) is 0 Å². The maximum atomic E-state index is 13.8. The fraction of sp³-hybridized carbons (Fsp3) is 0.375. The normalized spacial score (nSPS) is 22.6. The first-order valence-electron chi connectivity index (χ1n) is 11.4. The Labute approximate surface area is 204 Å². The van der Waals surface area contributed by atoms with Gasteiger partial charge >= 0.3 is 0 Å². The molecule has 2 heterocycles. The molecule has 0 radical (unpaired) electrons. The molecule has 7 N–H and O–H groups in total. The topological polar surface area (TPSA) is 144 Å². The predicted molar refractivity (Wildman–Crippen MR) is 123 cm³/mol. The zero-order chi connectivity index (χ0) is 26.0. The van der Waals surface area contributed by atoms with Crippen LogP contribution < -0.4 is 27.6 Å². The van der Waals surface area contributed by atoms with Gasteiger partial charge in [-0.3, -0.25) is 20.2 Å². The van der Waals surface area contributed by atoms with E-state index in [4.69, 9.17) is 11.6 Å². The lowest BCUT2D eigenvalue weighted by atomic mass is 9.71. The zero-order valence-electron chi connectivity index (χ0n) is 19.3. The average Bonchev–Trinajstić information content (AvgIpc) is 3.37. The van der Waals surface area contributed by atoms with E-state index in [0.717, 1.165) is 12.6 Å². The molecule has 2 amide bonds. The number of aromatic nitrogens is 1. The monoisotopic (exact) mass is 502 g/mol. The molecule has 2 saturated carbocycles. The average molecular weight is 502 g/mol. The molecular weight excluding hydrogens is 477 g/mol. The SMILES string of the molecule is Cc1c(C(=O)Nc2ccc(F)cc2)c2n(c1C(=O)C(=O)NC1(/C(=C/N)NN)CC(F)(F)C1)CC1CC21. The summed E-state index contributed by atoms with van der Waals surface area (Å²) in [6.07, 6.45) is 0.302. The summed E-state index contributed by atoms with van der Waals surface area (Å²) in [5, 5.41) is 5.12.